The van der Waals surface area contributed by atoms with E-state index in [-0.39, 0.29) is 0 Å². The molecule has 19 heavy (non-hydrogen) atoms. The van der Waals surface area contributed by atoms with Gasteiger partial charge in [0.05, 0.1) is 22.8 Å². The molecule has 0 aliphatic heterocycles. The van der Waals surface area contributed by atoms with E-state index in [1.807, 2.05) is 43.3 Å². The number of para-hydroxylation sites is 2. The Morgan fingerprint density at radius 2 is 1.95 bits per heavy atom. The molecular weight excluding hydrogens is 240 g/mol. The third-order valence-electron chi connectivity index (χ3n) is 2.76. The topological polar surface area (TPSA) is 61.3 Å². The minimum atomic E-state index is -0.809. The molecule has 1 atom stereocenters. The molecule has 1 heterocycles. The molecule has 5 heteroatoms. The van der Waals surface area contributed by atoms with Crippen molar-refractivity contribution in [2.75, 3.05) is 32.5 Å². The Morgan fingerprint density at radius 1 is 1.26 bits per heavy atom. The first kappa shape index (κ1) is 13.7. The first-order chi connectivity index (χ1) is 8.96. The number of rotatable bonds is 5. The molecule has 0 aliphatic carbocycles. The second-order valence-electron chi connectivity index (χ2n) is 5.33. The normalized spacial score (nSPS) is 14.6. The molecule has 0 aliphatic rings. The molecule has 0 radical (unpaired) electrons. The highest BCUT2D eigenvalue weighted by Crippen LogP contribution is 2.12. The molecule has 0 saturated carbocycles. The minimum Gasteiger partial charge on any atom is -0.387 e. The van der Waals surface area contributed by atoms with Gasteiger partial charge in [-0.05, 0) is 33.2 Å². The Labute approximate surface area is 113 Å². The Morgan fingerprint density at radius 3 is 2.63 bits per heavy atom. The molecule has 0 fully saturated rings. The number of nitrogens with zero attached hydrogens (tertiary/aromatic N) is 3. The van der Waals surface area contributed by atoms with E-state index >= 15 is 0 Å². The van der Waals surface area contributed by atoms with E-state index < -0.39 is 5.60 Å². The highest BCUT2D eigenvalue weighted by atomic mass is 16.3. The van der Waals surface area contributed by atoms with Gasteiger partial charge in [0.2, 0.25) is 0 Å². The number of likely N-dealkylation sites (N-methyl/N-ethyl adjacent to an activating group) is 1. The van der Waals surface area contributed by atoms with E-state index in [1.54, 1.807) is 13.1 Å². The summed E-state index contributed by atoms with van der Waals surface area (Å²) in [4.78, 5) is 10.7. The van der Waals surface area contributed by atoms with Crippen LogP contribution in [0, 0.1) is 0 Å². The summed E-state index contributed by atoms with van der Waals surface area (Å²) in [6, 6.07) is 7.72. The number of fused-ring (bicyclic) bond motifs is 1. The van der Waals surface area contributed by atoms with E-state index in [4.69, 9.17) is 0 Å². The standard InChI is InChI=1S/C14H20N4O/c1-14(19,10-18(2)3)9-16-13-8-15-11-6-4-5-7-12(11)17-13/h4-8,19H,9-10H2,1-3H3,(H,16,17). The number of hydrogen-bond donors (Lipinski definition) is 2. The Balaban J connectivity index is 2.05. The van der Waals surface area contributed by atoms with Gasteiger partial charge >= 0.3 is 0 Å². The maximum Gasteiger partial charge on any atom is 0.145 e. The van der Waals surface area contributed by atoms with Crippen molar-refractivity contribution in [2.45, 2.75) is 12.5 Å². The first-order valence-corrected chi connectivity index (χ1v) is 6.29. The van der Waals surface area contributed by atoms with Gasteiger partial charge in [0.1, 0.15) is 5.82 Å². The van der Waals surface area contributed by atoms with E-state index in [9.17, 15) is 5.11 Å². The summed E-state index contributed by atoms with van der Waals surface area (Å²) in [7, 11) is 3.87. The van der Waals surface area contributed by atoms with Gasteiger partial charge in [0.25, 0.3) is 0 Å². The zero-order valence-electron chi connectivity index (χ0n) is 11.6. The largest absolute Gasteiger partial charge is 0.387 e. The second kappa shape index (κ2) is 5.50. The quantitative estimate of drug-likeness (QED) is 0.850. The van der Waals surface area contributed by atoms with Crippen molar-refractivity contribution in [3.8, 4) is 0 Å². The molecule has 102 valence electrons. The molecule has 0 spiro atoms. The smallest absolute Gasteiger partial charge is 0.145 e. The highest BCUT2D eigenvalue weighted by molar-refractivity contribution is 5.75. The molecule has 0 saturated heterocycles. The van der Waals surface area contributed by atoms with Crippen LogP contribution >= 0.6 is 0 Å². The summed E-state index contributed by atoms with van der Waals surface area (Å²) in [5, 5.41) is 13.3. The Kier molecular flexibility index (Phi) is 3.97. The molecule has 0 bridgehead atoms. The molecule has 2 N–H and O–H groups in total. The average molecular weight is 260 g/mol. The third kappa shape index (κ3) is 3.87. The predicted octanol–water partition coefficient (Wildman–Crippen LogP) is 1.35. The van der Waals surface area contributed by atoms with Crippen molar-refractivity contribution in [3.63, 3.8) is 0 Å². The lowest BCUT2D eigenvalue weighted by molar-refractivity contribution is 0.0459. The summed E-state index contributed by atoms with van der Waals surface area (Å²) in [5.74, 6) is 0.678. The molecule has 2 rings (SSSR count). The molecule has 5 nitrogen and oxygen atoms in total. The van der Waals surface area contributed by atoms with E-state index in [0.717, 1.165) is 11.0 Å². The molecule has 2 aromatic rings. The van der Waals surface area contributed by atoms with Gasteiger partial charge in [-0.1, -0.05) is 12.1 Å². The first-order valence-electron chi connectivity index (χ1n) is 6.29. The molecular formula is C14H20N4O. The lowest BCUT2D eigenvalue weighted by atomic mass is 10.1. The minimum absolute atomic E-state index is 0.429. The predicted molar refractivity (Wildman–Crippen MR) is 77.2 cm³/mol. The fraction of sp³-hybridized carbons (Fsp3) is 0.429. The summed E-state index contributed by atoms with van der Waals surface area (Å²) >= 11 is 0. The van der Waals surface area contributed by atoms with E-state index in [0.29, 0.717) is 18.9 Å². The zero-order valence-corrected chi connectivity index (χ0v) is 11.6. The number of nitrogens with one attached hydrogen (secondary N) is 1. The van der Waals surface area contributed by atoms with Crippen LogP contribution in [0.5, 0.6) is 0 Å². The van der Waals surface area contributed by atoms with Gasteiger partial charge in [-0.25, -0.2) is 4.98 Å². The number of hydrogen-bond acceptors (Lipinski definition) is 5. The van der Waals surface area contributed by atoms with Crippen LogP contribution in [-0.2, 0) is 0 Å². The van der Waals surface area contributed by atoms with Gasteiger partial charge in [-0.2, -0.15) is 0 Å². The van der Waals surface area contributed by atoms with Crippen LogP contribution < -0.4 is 5.32 Å². The molecule has 1 unspecified atom stereocenters. The molecule has 0 amide bonds. The van der Waals surface area contributed by atoms with Gasteiger partial charge in [0, 0.05) is 13.1 Å². The van der Waals surface area contributed by atoms with Gasteiger partial charge in [-0.15, -0.1) is 0 Å². The van der Waals surface area contributed by atoms with Crippen molar-refractivity contribution in [2.24, 2.45) is 0 Å². The fourth-order valence-corrected chi connectivity index (χ4v) is 2.06. The summed E-state index contributed by atoms with van der Waals surface area (Å²) in [5.41, 5.74) is 0.907. The van der Waals surface area contributed by atoms with Gasteiger partial charge < -0.3 is 15.3 Å². The van der Waals surface area contributed by atoms with Crippen LogP contribution in [0.1, 0.15) is 6.92 Å². The van der Waals surface area contributed by atoms with Crippen molar-refractivity contribution in [1.29, 1.82) is 0 Å². The zero-order chi connectivity index (χ0) is 13.9. The average Bonchev–Trinajstić information content (AvgIpc) is 2.35. The van der Waals surface area contributed by atoms with E-state index in [1.165, 1.54) is 0 Å². The monoisotopic (exact) mass is 260 g/mol. The van der Waals surface area contributed by atoms with Crippen molar-refractivity contribution in [3.05, 3.63) is 30.5 Å². The summed E-state index contributed by atoms with van der Waals surface area (Å²) in [6.07, 6.45) is 1.69. The molecule has 1 aromatic heterocycles. The SMILES string of the molecule is CN(C)CC(C)(O)CNc1cnc2ccccc2n1. The fourth-order valence-electron chi connectivity index (χ4n) is 2.06. The maximum atomic E-state index is 10.2. The maximum absolute atomic E-state index is 10.2. The van der Waals surface area contributed by atoms with Crippen molar-refractivity contribution < 1.29 is 5.11 Å². The van der Waals surface area contributed by atoms with Crippen LogP contribution in [0.2, 0.25) is 0 Å². The number of aromatic nitrogens is 2. The number of anilines is 1. The summed E-state index contributed by atoms with van der Waals surface area (Å²) in [6.45, 7) is 2.81. The van der Waals surface area contributed by atoms with Crippen LogP contribution in [0.25, 0.3) is 11.0 Å². The second-order valence-corrected chi connectivity index (χ2v) is 5.33. The lowest BCUT2D eigenvalue weighted by Gasteiger charge is -2.27. The van der Waals surface area contributed by atoms with E-state index in [2.05, 4.69) is 15.3 Å². The van der Waals surface area contributed by atoms with Crippen LogP contribution in [-0.4, -0.2) is 52.8 Å². The van der Waals surface area contributed by atoms with Crippen LogP contribution in [0.15, 0.2) is 30.5 Å². The Hall–Kier alpha value is -1.72. The lowest BCUT2D eigenvalue weighted by Crippen LogP contribution is -2.43. The van der Waals surface area contributed by atoms with Gasteiger partial charge in [0.15, 0.2) is 0 Å². The number of aliphatic hydroxyl groups is 1. The summed E-state index contributed by atoms with van der Waals surface area (Å²) < 4.78 is 0. The Bertz CT molecular complexity index is 554. The van der Waals surface area contributed by atoms with Gasteiger partial charge in [-0.3, -0.25) is 4.98 Å². The molecule has 1 aromatic carbocycles. The number of benzene rings is 1. The third-order valence-corrected chi connectivity index (χ3v) is 2.76. The van der Waals surface area contributed by atoms with Crippen LogP contribution in [0.4, 0.5) is 5.82 Å². The van der Waals surface area contributed by atoms with Crippen molar-refractivity contribution in [1.82, 2.24) is 14.9 Å². The highest BCUT2D eigenvalue weighted by Gasteiger charge is 2.21. The van der Waals surface area contributed by atoms with Crippen molar-refractivity contribution >= 4 is 16.9 Å². The van der Waals surface area contributed by atoms with Crippen LogP contribution in [0.3, 0.4) is 0 Å².